The van der Waals surface area contributed by atoms with E-state index in [4.69, 9.17) is 12.2 Å². The summed E-state index contributed by atoms with van der Waals surface area (Å²) in [6.45, 7) is 6.50. The summed E-state index contributed by atoms with van der Waals surface area (Å²) >= 11 is 5.25. The van der Waals surface area contributed by atoms with Crippen molar-refractivity contribution < 1.29 is 0 Å². The fourth-order valence-electron chi connectivity index (χ4n) is 1.64. The first kappa shape index (κ1) is 15.9. The fraction of sp³-hybridized carbons (Fsp3) is 0.533. The fourth-order valence-corrected chi connectivity index (χ4v) is 1.86. The molecule has 0 fully saturated rings. The van der Waals surface area contributed by atoms with Crippen molar-refractivity contribution >= 4 is 23.0 Å². The smallest absolute Gasteiger partial charge is 0.170 e. The van der Waals surface area contributed by atoms with Gasteiger partial charge in [-0.2, -0.15) is 0 Å². The third kappa shape index (κ3) is 7.13. The van der Waals surface area contributed by atoms with Crippen LogP contribution in [-0.2, 0) is 0 Å². The van der Waals surface area contributed by atoms with Crippen LogP contribution >= 0.6 is 12.2 Å². The van der Waals surface area contributed by atoms with Gasteiger partial charge in [0.1, 0.15) is 0 Å². The van der Waals surface area contributed by atoms with E-state index in [1.54, 1.807) is 0 Å². The van der Waals surface area contributed by atoms with Gasteiger partial charge in [-0.05, 0) is 64.6 Å². The number of thiocarbonyl (C=S) groups is 1. The summed E-state index contributed by atoms with van der Waals surface area (Å²) in [6.07, 6.45) is 2.32. The number of rotatable bonds is 7. The standard InChI is InChI=1S/C15H25N3S/c1-13(2)18(3)12-8-7-11-16-15(19)17-14-9-5-4-6-10-14/h4-6,9-10,13H,7-8,11-12H2,1-3H3,(H2,16,17,19). The van der Waals surface area contributed by atoms with Crippen LogP contribution in [0.1, 0.15) is 26.7 Å². The van der Waals surface area contributed by atoms with Crippen LogP contribution in [-0.4, -0.2) is 36.2 Å². The molecule has 4 heteroatoms. The Morgan fingerprint density at radius 3 is 2.53 bits per heavy atom. The minimum Gasteiger partial charge on any atom is -0.362 e. The lowest BCUT2D eigenvalue weighted by Crippen LogP contribution is -2.31. The normalized spacial score (nSPS) is 10.8. The molecule has 0 spiro atoms. The highest BCUT2D eigenvalue weighted by molar-refractivity contribution is 7.80. The Labute approximate surface area is 122 Å². The van der Waals surface area contributed by atoms with Crippen LogP contribution in [0.25, 0.3) is 0 Å². The quantitative estimate of drug-likeness (QED) is 0.592. The van der Waals surface area contributed by atoms with Crippen LogP contribution in [0.3, 0.4) is 0 Å². The molecule has 1 aromatic carbocycles. The molecule has 2 N–H and O–H groups in total. The first-order valence-electron chi connectivity index (χ1n) is 6.89. The second-order valence-electron chi connectivity index (χ2n) is 5.03. The molecule has 0 unspecified atom stereocenters. The predicted octanol–water partition coefficient (Wildman–Crippen LogP) is 3.09. The third-order valence-electron chi connectivity index (χ3n) is 3.14. The van der Waals surface area contributed by atoms with Gasteiger partial charge in [0.25, 0.3) is 0 Å². The summed E-state index contributed by atoms with van der Waals surface area (Å²) in [5, 5.41) is 7.10. The molecule has 1 aromatic rings. The van der Waals surface area contributed by atoms with Crippen molar-refractivity contribution in [3.8, 4) is 0 Å². The van der Waals surface area contributed by atoms with Crippen LogP contribution in [0.5, 0.6) is 0 Å². The average Bonchev–Trinajstić information content (AvgIpc) is 2.39. The molecule has 0 radical (unpaired) electrons. The summed E-state index contributed by atoms with van der Waals surface area (Å²) in [4.78, 5) is 2.36. The van der Waals surface area contributed by atoms with Gasteiger partial charge >= 0.3 is 0 Å². The van der Waals surface area contributed by atoms with E-state index in [1.807, 2.05) is 30.3 Å². The van der Waals surface area contributed by atoms with Crippen molar-refractivity contribution in [1.29, 1.82) is 0 Å². The maximum Gasteiger partial charge on any atom is 0.170 e. The van der Waals surface area contributed by atoms with Crippen molar-refractivity contribution in [1.82, 2.24) is 10.2 Å². The molecule has 106 valence electrons. The zero-order valence-electron chi connectivity index (χ0n) is 12.1. The van der Waals surface area contributed by atoms with Crippen LogP contribution < -0.4 is 10.6 Å². The SMILES string of the molecule is CC(C)N(C)CCCCNC(=S)Nc1ccccc1. The maximum absolute atomic E-state index is 5.25. The van der Waals surface area contributed by atoms with E-state index in [2.05, 4.69) is 36.4 Å². The molecule has 0 aliphatic heterocycles. The molecule has 0 saturated carbocycles. The second kappa shape index (κ2) is 8.88. The van der Waals surface area contributed by atoms with E-state index in [0.29, 0.717) is 11.2 Å². The lowest BCUT2D eigenvalue weighted by atomic mass is 10.2. The zero-order valence-corrected chi connectivity index (χ0v) is 13.0. The molecule has 0 saturated heterocycles. The monoisotopic (exact) mass is 279 g/mol. The number of unbranched alkanes of at least 4 members (excludes halogenated alkanes) is 1. The summed E-state index contributed by atoms with van der Waals surface area (Å²) in [5.41, 5.74) is 1.03. The minimum atomic E-state index is 0.619. The highest BCUT2D eigenvalue weighted by Gasteiger charge is 2.02. The van der Waals surface area contributed by atoms with Crippen molar-refractivity contribution in [2.75, 3.05) is 25.5 Å². The number of anilines is 1. The topological polar surface area (TPSA) is 27.3 Å². The minimum absolute atomic E-state index is 0.619. The van der Waals surface area contributed by atoms with Gasteiger partial charge < -0.3 is 15.5 Å². The van der Waals surface area contributed by atoms with Gasteiger partial charge in [0.15, 0.2) is 5.11 Å². The average molecular weight is 279 g/mol. The lowest BCUT2D eigenvalue weighted by molar-refractivity contribution is 0.268. The highest BCUT2D eigenvalue weighted by Crippen LogP contribution is 2.04. The van der Waals surface area contributed by atoms with Gasteiger partial charge in [0.2, 0.25) is 0 Å². The number of nitrogens with one attached hydrogen (secondary N) is 2. The molecule has 0 heterocycles. The van der Waals surface area contributed by atoms with Gasteiger partial charge in [-0.3, -0.25) is 0 Å². The molecule has 19 heavy (non-hydrogen) atoms. The summed E-state index contributed by atoms with van der Waals surface area (Å²) in [7, 11) is 2.17. The summed E-state index contributed by atoms with van der Waals surface area (Å²) < 4.78 is 0. The van der Waals surface area contributed by atoms with E-state index in [-0.39, 0.29) is 0 Å². The maximum atomic E-state index is 5.25. The molecule has 3 nitrogen and oxygen atoms in total. The van der Waals surface area contributed by atoms with Crippen molar-refractivity contribution in [3.05, 3.63) is 30.3 Å². The van der Waals surface area contributed by atoms with E-state index < -0.39 is 0 Å². The van der Waals surface area contributed by atoms with Gasteiger partial charge in [0.05, 0.1) is 0 Å². The van der Waals surface area contributed by atoms with Crippen molar-refractivity contribution in [3.63, 3.8) is 0 Å². The second-order valence-corrected chi connectivity index (χ2v) is 5.44. The largest absolute Gasteiger partial charge is 0.362 e. The molecule has 0 aliphatic carbocycles. The van der Waals surface area contributed by atoms with Gasteiger partial charge in [-0.1, -0.05) is 18.2 Å². The summed E-state index contributed by atoms with van der Waals surface area (Å²) in [5.74, 6) is 0. The Hall–Kier alpha value is -1.13. The summed E-state index contributed by atoms with van der Waals surface area (Å²) in [6, 6.07) is 10.6. The van der Waals surface area contributed by atoms with E-state index in [1.165, 1.54) is 6.42 Å². The molecule has 0 aromatic heterocycles. The Morgan fingerprint density at radius 1 is 1.21 bits per heavy atom. The molecule has 0 atom stereocenters. The molecular weight excluding hydrogens is 254 g/mol. The van der Waals surface area contributed by atoms with Gasteiger partial charge in [-0.25, -0.2) is 0 Å². The molecule has 0 aliphatic rings. The van der Waals surface area contributed by atoms with Crippen molar-refractivity contribution in [2.45, 2.75) is 32.7 Å². The third-order valence-corrected chi connectivity index (χ3v) is 3.38. The van der Waals surface area contributed by atoms with Gasteiger partial charge in [0, 0.05) is 18.3 Å². The number of para-hydroxylation sites is 1. The van der Waals surface area contributed by atoms with Crippen molar-refractivity contribution in [2.24, 2.45) is 0 Å². The first-order valence-corrected chi connectivity index (χ1v) is 7.30. The zero-order chi connectivity index (χ0) is 14.1. The Balaban J connectivity index is 2.08. The molecule has 0 amide bonds. The van der Waals surface area contributed by atoms with Crippen LogP contribution in [0.15, 0.2) is 30.3 Å². The number of hydrogen-bond acceptors (Lipinski definition) is 2. The molecule has 1 rings (SSSR count). The Bertz CT molecular complexity index is 365. The van der Waals surface area contributed by atoms with Crippen LogP contribution in [0.2, 0.25) is 0 Å². The number of nitrogens with zero attached hydrogens (tertiary/aromatic N) is 1. The Kier molecular flexibility index (Phi) is 7.45. The van der Waals surface area contributed by atoms with E-state index in [9.17, 15) is 0 Å². The van der Waals surface area contributed by atoms with Gasteiger partial charge in [-0.15, -0.1) is 0 Å². The molecular formula is C15H25N3S. The lowest BCUT2D eigenvalue weighted by Gasteiger charge is -2.20. The first-order chi connectivity index (χ1) is 9.09. The van der Waals surface area contributed by atoms with Crippen LogP contribution in [0, 0.1) is 0 Å². The van der Waals surface area contributed by atoms with E-state index in [0.717, 1.165) is 25.2 Å². The van der Waals surface area contributed by atoms with Crippen LogP contribution in [0.4, 0.5) is 5.69 Å². The van der Waals surface area contributed by atoms with E-state index >= 15 is 0 Å². The number of benzene rings is 1. The molecule has 0 bridgehead atoms. The predicted molar refractivity (Wildman–Crippen MR) is 87.7 cm³/mol. The Morgan fingerprint density at radius 2 is 1.89 bits per heavy atom. The number of hydrogen-bond donors (Lipinski definition) is 2. The highest BCUT2D eigenvalue weighted by atomic mass is 32.1.